The second-order valence-electron chi connectivity index (χ2n) is 8.63. The summed E-state index contributed by atoms with van der Waals surface area (Å²) in [6, 6.07) is 26.0. The van der Waals surface area contributed by atoms with Gasteiger partial charge in [0.1, 0.15) is 18.1 Å². The number of hydrogen-bond donors (Lipinski definition) is 1. The highest BCUT2D eigenvalue weighted by molar-refractivity contribution is 6.08. The Morgan fingerprint density at radius 1 is 0.725 bits per heavy atom. The van der Waals surface area contributed by atoms with Crippen molar-refractivity contribution in [1.29, 1.82) is 0 Å². The van der Waals surface area contributed by atoms with Crippen LogP contribution in [0.2, 0.25) is 0 Å². The number of benzene rings is 4. The average Bonchev–Trinajstić information content (AvgIpc) is 3.00. The highest BCUT2D eigenvalue weighted by Crippen LogP contribution is 2.34. The van der Waals surface area contributed by atoms with Crippen LogP contribution in [-0.2, 0) is 11.3 Å². The van der Waals surface area contributed by atoms with Crippen LogP contribution in [0.25, 0.3) is 11.1 Å². The number of esters is 1. The van der Waals surface area contributed by atoms with Gasteiger partial charge in [0.2, 0.25) is 0 Å². The van der Waals surface area contributed by atoms with Gasteiger partial charge in [0.05, 0.1) is 39.2 Å². The Hall–Kier alpha value is -4.98. The molecule has 206 valence electrons. The Labute approximate surface area is 233 Å². The normalized spacial score (nSPS) is 10.4. The molecular weight excluding hydrogens is 510 g/mol. The summed E-state index contributed by atoms with van der Waals surface area (Å²) in [5.74, 6) is 0.915. The zero-order valence-corrected chi connectivity index (χ0v) is 22.9. The van der Waals surface area contributed by atoms with E-state index in [9.17, 15) is 9.59 Å². The van der Waals surface area contributed by atoms with Gasteiger partial charge in [0.25, 0.3) is 5.91 Å². The minimum absolute atomic E-state index is 0.127. The fourth-order valence-corrected chi connectivity index (χ4v) is 4.12. The van der Waals surface area contributed by atoms with Crippen LogP contribution in [0.5, 0.6) is 23.0 Å². The van der Waals surface area contributed by atoms with E-state index in [1.54, 1.807) is 18.2 Å². The van der Waals surface area contributed by atoms with Gasteiger partial charge < -0.3 is 29.0 Å². The Bertz CT molecular complexity index is 1470. The summed E-state index contributed by atoms with van der Waals surface area (Å²) in [5, 5.41) is 2.79. The SMILES string of the molecule is CCOc1ccc(C(=O)Nc2cc(OC)c(OC)cc2C(=O)OC)cc1COc1ccc(-c2ccccc2)cc1. The monoisotopic (exact) mass is 541 g/mol. The van der Waals surface area contributed by atoms with Crippen LogP contribution in [0.1, 0.15) is 33.2 Å². The Morgan fingerprint density at radius 3 is 2.05 bits per heavy atom. The summed E-state index contributed by atoms with van der Waals surface area (Å²) < 4.78 is 27.3. The van der Waals surface area contributed by atoms with Gasteiger partial charge in [0.15, 0.2) is 11.5 Å². The van der Waals surface area contributed by atoms with E-state index in [1.807, 2.05) is 49.4 Å². The number of methoxy groups -OCH3 is 3. The number of anilines is 1. The number of ether oxygens (including phenoxy) is 5. The van der Waals surface area contributed by atoms with Gasteiger partial charge in [-0.2, -0.15) is 0 Å². The largest absolute Gasteiger partial charge is 0.493 e. The second kappa shape index (κ2) is 13.2. The molecule has 0 aliphatic rings. The van der Waals surface area contributed by atoms with E-state index in [1.165, 1.54) is 33.5 Å². The first-order valence-corrected chi connectivity index (χ1v) is 12.7. The molecule has 0 aliphatic heterocycles. The van der Waals surface area contributed by atoms with Crippen LogP contribution >= 0.6 is 0 Å². The fourth-order valence-electron chi connectivity index (χ4n) is 4.12. The van der Waals surface area contributed by atoms with Gasteiger partial charge in [-0.15, -0.1) is 0 Å². The van der Waals surface area contributed by atoms with E-state index in [2.05, 4.69) is 17.4 Å². The first-order chi connectivity index (χ1) is 19.5. The van der Waals surface area contributed by atoms with Crippen molar-refractivity contribution in [2.24, 2.45) is 0 Å². The summed E-state index contributed by atoms with van der Waals surface area (Å²) in [7, 11) is 4.19. The average molecular weight is 542 g/mol. The standard InChI is InChI=1S/C32H31NO7/c1-5-39-28-16-13-23(31(34)33-27-19-30(37-3)29(36-2)18-26(27)32(35)38-4)17-24(28)20-40-25-14-11-22(12-15-25)21-9-7-6-8-10-21/h6-19H,5,20H2,1-4H3,(H,33,34). The van der Waals surface area contributed by atoms with Gasteiger partial charge in [-0.3, -0.25) is 4.79 Å². The van der Waals surface area contributed by atoms with Crippen molar-refractivity contribution < 1.29 is 33.3 Å². The van der Waals surface area contributed by atoms with Crippen molar-refractivity contribution in [3.63, 3.8) is 0 Å². The van der Waals surface area contributed by atoms with Crippen LogP contribution in [0, 0.1) is 0 Å². The lowest BCUT2D eigenvalue weighted by Crippen LogP contribution is -2.16. The molecule has 8 nitrogen and oxygen atoms in total. The number of amides is 1. The van der Waals surface area contributed by atoms with Gasteiger partial charge in [-0.25, -0.2) is 4.79 Å². The van der Waals surface area contributed by atoms with Gasteiger partial charge in [-0.05, 0) is 48.4 Å². The van der Waals surface area contributed by atoms with Crippen molar-refractivity contribution in [2.45, 2.75) is 13.5 Å². The maximum atomic E-state index is 13.3. The van der Waals surface area contributed by atoms with Crippen molar-refractivity contribution in [3.8, 4) is 34.1 Å². The van der Waals surface area contributed by atoms with E-state index in [0.29, 0.717) is 40.7 Å². The van der Waals surface area contributed by atoms with Crippen LogP contribution < -0.4 is 24.3 Å². The quantitative estimate of drug-likeness (QED) is 0.220. The van der Waals surface area contributed by atoms with Crippen LogP contribution in [0.15, 0.2) is 84.9 Å². The molecule has 0 radical (unpaired) electrons. The molecule has 0 unspecified atom stereocenters. The zero-order valence-electron chi connectivity index (χ0n) is 22.9. The molecule has 0 saturated heterocycles. The minimum atomic E-state index is -0.629. The molecule has 40 heavy (non-hydrogen) atoms. The van der Waals surface area contributed by atoms with Crippen LogP contribution in [0.3, 0.4) is 0 Å². The summed E-state index contributed by atoms with van der Waals surface area (Å²) in [6.07, 6.45) is 0. The lowest BCUT2D eigenvalue weighted by molar-refractivity contribution is 0.0601. The predicted molar refractivity (Wildman–Crippen MR) is 153 cm³/mol. The molecular formula is C32H31NO7. The molecule has 4 aromatic carbocycles. The minimum Gasteiger partial charge on any atom is -0.493 e. The van der Waals surface area contributed by atoms with E-state index in [-0.39, 0.29) is 17.9 Å². The molecule has 0 fully saturated rings. The van der Waals surface area contributed by atoms with E-state index in [0.717, 1.165) is 11.1 Å². The third-order valence-electron chi connectivity index (χ3n) is 6.16. The fraction of sp³-hybridized carbons (Fsp3) is 0.188. The van der Waals surface area contributed by atoms with Crippen molar-refractivity contribution in [1.82, 2.24) is 0 Å². The third kappa shape index (κ3) is 6.53. The molecule has 0 atom stereocenters. The number of carbonyl (C=O) groups is 2. The Morgan fingerprint density at radius 2 is 1.40 bits per heavy atom. The number of hydrogen-bond acceptors (Lipinski definition) is 7. The number of carbonyl (C=O) groups excluding carboxylic acids is 2. The number of nitrogens with one attached hydrogen (secondary N) is 1. The highest BCUT2D eigenvalue weighted by Gasteiger charge is 2.20. The van der Waals surface area contributed by atoms with E-state index < -0.39 is 11.9 Å². The maximum absolute atomic E-state index is 13.3. The third-order valence-corrected chi connectivity index (χ3v) is 6.16. The molecule has 4 rings (SSSR count). The molecule has 8 heteroatoms. The lowest BCUT2D eigenvalue weighted by atomic mass is 10.1. The van der Waals surface area contributed by atoms with E-state index >= 15 is 0 Å². The van der Waals surface area contributed by atoms with Crippen LogP contribution in [0.4, 0.5) is 5.69 Å². The molecule has 0 spiro atoms. The van der Waals surface area contributed by atoms with Crippen molar-refractivity contribution in [3.05, 3.63) is 102 Å². The Kier molecular flexibility index (Phi) is 9.25. The molecule has 1 N–H and O–H groups in total. The van der Waals surface area contributed by atoms with Crippen molar-refractivity contribution >= 4 is 17.6 Å². The van der Waals surface area contributed by atoms with Crippen molar-refractivity contribution in [2.75, 3.05) is 33.3 Å². The molecule has 0 aromatic heterocycles. The molecule has 4 aromatic rings. The first-order valence-electron chi connectivity index (χ1n) is 12.7. The molecule has 0 bridgehead atoms. The number of rotatable bonds is 11. The smallest absolute Gasteiger partial charge is 0.340 e. The summed E-state index contributed by atoms with van der Waals surface area (Å²) in [4.78, 5) is 25.7. The van der Waals surface area contributed by atoms with Gasteiger partial charge in [-0.1, -0.05) is 42.5 Å². The summed E-state index contributed by atoms with van der Waals surface area (Å²) >= 11 is 0. The summed E-state index contributed by atoms with van der Waals surface area (Å²) in [6.45, 7) is 2.53. The topological polar surface area (TPSA) is 92.3 Å². The predicted octanol–water partition coefficient (Wildman–Crippen LogP) is 6.39. The maximum Gasteiger partial charge on any atom is 0.340 e. The zero-order chi connectivity index (χ0) is 28.5. The van der Waals surface area contributed by atoms with Gasteiger partial charge in [0, 0.05) is 23.3 Å². The molecule has 1 amide bonds. The highest BCUT2D eigenvalue weighted by atomic mass is 16.5. The first kappa shape index (κ1) is 28.0. The van der Waals surface area contributed by atoms with Crippen LogP contribution in [-0.4, -0.2) is 39.8 Å². The second-order valence-corrected chi connectivity index (χ2v) is 8.63. The molecule has 0 heterocycles. The van der Waals surface area contributed by atoms with E-state index in [4.69, 9.17) is 23.7 Å². The lowest BCUT2D eigenvalue weighted by Gasteiger charge is -2.16. The molecule has 0 saturated carbocycles. The Balaban J connectivity index is 1.55. The van der Waals surface area contributed by atoms with Gasteiger partial charge >= 0.3 is 5.97 Å². The summed E-state index contributed by atoms with van der Waals surface area (Å²) in [5.41, 5.74) is 3.61. The molecule has 0 aliphatic carbocycles.